The van der Waals surface area contributed by atoms with Gasteiger partial charge in [0.25, 0.3) is 0 Å². The molecule has 2 rings (SSSR count). The van der Waals surface area contributed by atoms with E-state index >= 15 is 0 Å². The summed E-state index contributed by atoms with van der Waals surface area (Å²) in [5.74, 6) is -1.16. The lowest BCUT2D eigenvalue weighted by atomic mass is 9.95. The van der Waals surface area contributed by atoms with Crippen molar-refractivity contribution in [1.82, 2.24) is 9.55 Å². The maximum Gasteiger partial charge on any atom is 0.306 e. The summed E-state index contributed by atoms with van der Waals surface area (Å²) >= 11 is 0. The van der Waals surface area contributed by atoms with Gasteiger partial charge in [-0.25, -0.2) is 4.98 Å². The van der Waals surface area contributed by atoms with E-state index in [9.17, 15) is 4.79 Å². The Morgan fingerprint density at radius 1 is 1.30 bits per heavy atom. The molecule has 0 aliphatic carbocycles. The Morgan fingerprint density at radius 2 is 2.00 bits per heavy atom. The van der Waals surface area contributed by atoms with Crippen LogP contribution >= 0.6 is 0 Å². The number of aromatic nitrogens is 2. The van der Waals surface area contributed by atoms with Gasteiger partial charge >= 0.3 is 5.97 Å². The minimum absolute atomic E-state index is 0.317. The summed E-state index contributed by atoms with van der Waals surface area (Å²) in [5.41, 5.74) is 3.14. The number of carboxylic acid groups (broad SMARTS) is 1. The molecule has 1 N–H and O–H groups in total. The van der Waals surface area contributed by atoms with E-state index in [-0.39, 0.29) is 0 Å². The Bertz CT molecular complexity index is 602. The van der Waals surface area contributed by atoms with Crippen LogP contribution in [0.4, 0.5) is 0 Å². The van der Waals surface area contributed by atoms with Crippen molar-refractivity contribution in [2.45, 2.75) is 33.2 Å². The summed E-state index contributed by atoms with van der Waals surface area (Å²) in [7, 11) is 0. The molecule has 0 amide bonds. The average Bonchev–Trinajstić information content (AvgIpc) is 2.88. The van der Waals surface area contributed by atoms with E-state index in [0.29, 0.717) is 12.5 Å². The zero-order chi connectivity index (χ0) is 14.7. The second-order valence-corrected chi connectivity index (χ2v) is 5.38. The molecule has 1 heterocycles. The summed E-state index contributed by atoms with van der Waals surface area (Å²) in [6, 6.07) is 8.26. The highest BCUT2D eigenvalue weighted by Gasteiger charge is 2.16. The van der Waals surface area contributed by atoms with Crippen molar-refractivity contribution >= 4 is 5.97 Å². The third-order valence-corrected chi connectivity index (χ3v) is 3.46. The normalized spacial score (nSPS) is 12.6. The second-order valence-electron chi connectivity index (χ2n) is 5.38. The van der Waals surface area contributed by atoms with Crippen molar-refractivity contribution in [1.29, 1.82) is 0 Å². The lowest BCUT2D eigenvalue weighted by Gasteiger charge is -2.16. The summed E-state index contributed by atoms with van der Waals surface area (Å²) in [4.78, 5) is 15.3. The molecule has 4 nitrogen and oxygen atoms in total. The predicted octanol–water partition coefficient (Wildman–Crippen LogP) is 3.39. The molecule has 0 fully saturated rings. The number of imidazole rings is 1. The van der Waals surface area contributed by atoms with Crippen LogP contribution in [0, 0.1) is 5.92 Å². The minimum atomic E-state index is -0.767. The van der Waals surface area contributed by atoms with Crippen molar-refractivity contribution in [2.24, 2.45) is 5.92 Å². The number of carboxylic acids is 1. The third-order valence-electron chi connectivity index (χ3n) is 3.46. The Balaban J connectivity index is 2.42. The van der Waals surface area contributed by atoms with Gasteiger partial charge in [0.15, 0.2) is 0 Å². The molecule has 0 saturated carbocycles. The molecule has 0 radical (unpaired) electrons. The number of benzene rings is 1. The molecule has 1 unspecified atom stereocenters. The zero-order valence-corrected chi connectivity index (χ0v) is 12.1. The van der Waals surface area contributed by atoms with Crippen LogP contribution < -0.4 is 0 Å². The fourth-order valence-electron chi connectivity index (χ4n) is 2.29. The van der Waals surface area contributed by atoms with Crippen LogP contribution in [0.15, 0.2) is 36.8 Å². The first-order valence-electron chi connectivity index (χ1n) is 6.83. The van der Waals surface area contributed by atoms with Gasteiger partial charge in [-0.05, 0) is 25.8 Å². The first kappa shape index (κ1) is 14.3. The molecule has 1 aromatic carbocycles. The number of hydrogen-bond donors (Lipinski definition) is 1. The number of aliphatic carboxylic acids is 1. The molecule has 1 aromatic heterocycles. The van der Waals surface area contributed by atoms with Gasteiger partial charge in [-0.15, -0.1) is 0 Å². The van der Waals surface area contributed by atoms with Gasteiger partial charge in [0.1, 0.15) is 0 Å². The molecule has 0 aliphatic heterocycles. The third kappa shape index (κ3) is 2.90. The zero-order valence-electron chi connectivity index (χ0n) is 12.1. The van der Waals surface area contributed by atoms with Crippen LogP contribution in [-0.2, 0) is 11.2 Å². The van der Waals surface area contributed by atoms with Crippen LogP contribution in [0.3, 0.4) is 0 Å². The largest absolute Gasteiger partial charge is 0.481 e. The van der Waals surface area contributed by atoms with Crippen molar-refractivity contribution in [3.63, 3.8) is 0 Å². The first-order valence-corrected chi connectivity index (χ1v) is 6.83. The second kappa shape index (κ2) is 5.90. The van der Waals surface area contributed by atoms with Gasteiger partial charge in [0.05, 0.1) is 24.1 Å². The van der Waals surface area contributed by atoms with E-state index in [2.05, 4.69) is 23.4 Å². The van der Waals surface area contributed by atoms with E-state index in [4.69, 9.17) is 5.11 Å². The molecule has 4 heteroatoms. The van der Waals surface area contributed by atoms with Crippen LogP contribution in [0.2, 0.25) is 0 Å². The summed E-state index contributed by atoms with van der Waals surface area (Å²) in [5, 5.41) is 9.09. The van der Waals surface area contributed by atoms with Gasteiger partial charge in [-0.2, -0.15) is 0 Å². The standard InChI is InChI=1S/C16H20N2O2/c1-11(2)18-10-17-9-15(18)14-7-5-4-6-13(14)8-12(3)16(19)20/h4-7,9-12H,8H2,1-3H3,(H,19,20). The monoisotopic (exact) mass is 272 g/mol. The molecule has 0 aliphatic rings. The quantitative estimate of drug-likeness (QED) is 0.907. The Hall–Kier alpha value is -2.10. The molecule has 0 spiro atoms. The van der Waals surface area contributed by atoms with E-state index < -0.39 is 11.9 Å². The molecule has 2 aromatic rings. The number of hydrogen-bond acceptors (Lipinski definition) is 2. The molecule has 0 bridgehead atoms. The summed E-state index contributed by atoms with van der Waals surface area (Å²) in [6.07, 6.45) is 4.18. The van der Waals surface area contributed by atoms with Crippen molar-refractivity contribution in [3.8, 4) is 11.3 Å². The minimum Gasteiger partial charge on any atom is -0.481 e. The van der Waals surface area contributed by atoms with Crippen LogP contribution in [-0.4, -0.2) is 20.6 Å². The lowest BCUT2D eigenvalue weighted by Crippen LogP contribution is -2.13. The summed E-state index contributed by atoms with van der Waals surface area (Å²) in [6.45, 7) is 5.94. The van der Waals surface area contributed by atoms with E-state index in [1.807, 2.05) is 36.8 Å². The molecule has 1 atom stereocenters. The van der Waals surface area contributed by atoms with Gasteiger partial charge in [-0.3, -0.25) is 4.79 Å². The SMILES string of the molecule is CC(Cc1ccccc1-c1cncn1C(C)C)C(=O)O. The van der Waals surface area contributed by atoms with E-state index in [1.165, 1.54) is 0 Å². The number of rotatable bonds is 5. The van der Waals surface area contributed by atoms with Crippen molar-refractivity contribution < 1.29 is 9.90 Å². The number of carbonyl (C=O) groups is 1. The van der Waals surface area contributed by atoms with Crippen molar-refractivity contribution in [3.05, 3.63) is 42.4 Å². The van der Waals surface area contributed by atoms with E-state index in [1.54, 1.807) is 6.92 Å². The van der Waals surface area contributed by atoms with Gasteiger partial charge in [-0.1, -0.05) is 31.2 Å². The van der Waals surface area contributed by atoms with Crippen LogP contribution in [0.25, 0.3) is 11.3 Å². The highest BCUT2D eigenvalue weighted by Crippen LogP contribution is 2.27. The van der Waals surface area contributed by atoms with Crippen LogP contribution in [0.5, 0.6) is 0 Å². The first-order chi connectivity index (χ1) is 9.50. The fraction of sp³-hybridized carbons (Fsp3) is 0.375. The molecule has 106 valence electrons. The fourth-order valence-corrected chi connectivity index (χ4v) is 2.29. The molecular formula is C16H20N2O2. The van der Waals surface area contributed by atoms with Gasteiger partial charge in [0, 0.05) is 11.6 Å². The Labute approximate surface area is 119 Å². The topological polar surface area (TPSA) is 55.1 Å². The molecule has 0 saturated heterocycles. The molecular weight excluding hydrogens is 252 g/mol. The average molecular weight is 272 g/mol. The Kier molecular flexibility index (Phi) is 4.23. The highest BCUT2D eigenvalue weighted by molar-refractivity contribution is 5.71. The molecule has 20 heavy (non-hydrogen) atoms. The van der Waals surface area contributed by atoms with Crippen molar-refractivity contribution in [2.75, 3.05) is 0 Å². The predicted molar refractivity (Wildman–Crippen MR) is 78.6 cm³/mol. The lowest BCUT2D eigenvalue weighted by molar-refractivity contribution is -0.141. The van der Waals surface area contributed by atoms with Gasteiger partial charge in [0.2, 0.25) is 0 Å². The number of nitrogens with zero attached hydrogens (tertiary/aromatic N) is 2. The summed E-state index contributed by atoms with van der Waals surface area (Å²) < 4.78 is 2.10. The van der Waals surface area contributed by atoms with Crippen LogP contribution in [0.1, 0.15) is 32.4 Å². The van der Waals surface area contributed by atoms with Gasteiger partial charge < -0.3 is 9.67 Å². The Morgan fingerprint density at radius 3 is 2.65 bits per heavy atom. The maximum absolute atomic E-state index is 11.1. The maximum atomic E-state index is 11.1. The van der Waals surface area contributed by atoms with E-state index in [0.717, 1.165) is 16.8 Å². The highest BCUT2D eigenvalue weighted by atomic mass is 16.4. The smallest absolute Gasteiger partial charge is 0.306 e.